The van der Waals surface area contributed by atoms with Crippen LogP contribution in [0.1, 0.15) is 33.6 Å². The number of ether oxygens (including phenoxy) is 1. The van der Waals surface area contributed by atoms with Gasteiger partial charge in [-0.25, -0.2) is 13.1 Å². The first-order valence-electron chi connectivity index (χ1n) is 7.30. The number of anilines is 1. The zero-order chi connectivity index (χ0) is 15.9. The lowest BCUT2D eigenvalue weighted by Crippen LogP contribution is -2.36. The maximum Gasteiger partial charge on any atom is 0.215 e. The molecule has 0 spiro atoms. The standard InChI is InChI=1S/C15H26N2O3S/c1-4-12(2)10-13(3)17-21(18,19)9-8-20-15-7-5-6-14(16)11-15/h5-7,11-13,17H,4,8-10,16H2,1-3H3. The van der Waals surface area contributed by atoms with Crippen molar-refractivity contribution in [2.75, 3.05) is 18.1 Å². The van der Waals surface area contributed by atoms with Crippen LogP contribution < -0.4 is 15.2 Å². The molecule has 0 fully saturated rings. The third-order valence-electron chi connectivity index (χ3n) is 3.31. The first-order valence-corrected chi connectivity index (χ1v) is 8.96. The zero-order valence-corrected chi connectivity index (χ0v) is 13.8. The van der Waals surface area contributed by atoms with Crippen molar-refractivity contribution in [3.63, 3.8) is 0 Å². The van der Waals surface area contributed by atoms with Crippen LogP contribution >= 0.6 is 0 Å². The first-order chi connectivity index (χ1) is 9.82. The fraction of sp³-hybridized carbons (Fsp3) is 0.600. The minimum Gasteiger partial charge on any atom is -0.492 e. The third-order valence-corrected chi connectivity index (χ3v) is 4.78. The molecular formula is C15H26N2O3S. The normalized spacial score (nSPS) is 14.6. The Kier molecular flexibility index (Phi) is 6.98. The summed E-state index contributed by atoms with van der Waals surface area (Å²) in [5, 5.41) is 0. The SMILES string of the molecule is CCC(C)CC(C)NS(=O)(=O)CCOc1cccc(N)c1. The van der Waals surface area contributed by atoms with Crippen LogP contribution in [-0.4, -0.2) is 26.8 Å². The number of rotatable bonds is 9. The average Bonchev–Trinajstić information content (AvgIpc) is 2.37. The maximum atomic E-state index is 12.0. The van der Waals surface area contributed by atoms with Crippen LogP contribution in [0.4, 0.5) is 5.69 Å². The summed E-state index contributed by atoms with van der Waals surface area (Å²) in [6.07, 6.45) is 1.89. The summed E-state index contributed by atoms with van der Waals surface area (Å²) in [6, 6.07) is 6.89. The molecule has 0 heterocycles. The minimum absolute atomic E-state index is 0.0580. The lowest BCUT2D eigenvalue weighted by molar-refractivity contribution is 0.340. The summed E-state index contributed by atoms with van der Waals surface area (Å²) < 4.78 is 32.0. The lowest BCUT2D eigenvalue weighted by Gasteiger charge is -2.17. The molecule has 5 nitrogen and oxygen atoms in total. The van der Waals surface area contributed by atoms with Crippen LogP contribution in [0.5, 0.6) is 5.75 Å². The second-order valence-electron chi connectivity index (χ2n) is 5.51. The van der Waals surface area contributed by atoms with Gasteiger partial charge in [0.15, 0.2) is 0 Å². The molecule has 0 aliphatic rings. The molecule has 3 N–H and O–H groups in total. The molecule has 120 valence electrons. The van der Waals surface area contributed by atoms with Crippen LogP contribution in [-0.2, 0) is 10.0 Å². The van der Waals surface area contributed by atoms with Gasteiger partial charge in [0.25, 0.3) is 0 Å². The number of benzene rings is 1. The van der Waals surface area contributed by atoms with Gasteiger partial charge in [-0.15, -0.1) is 0 Å². The maximum absolute atomic E-state index is 12.0. The summed E-state index contributed by atoms with van der Waals surface area (Å²) in [7, 11) is -3.32. The van der Waals surface area contributed by atoms with Gasteiger partial charge in [0.05, 0.1) is 5.75 Å². The van der Waals surface area contributed by atoms with E-state index in [0.29, 0.717) is 17.4 Å². The van der Waals surface area contributed by atoms with Crippen LogP contribution in [0.3, 0.4) is 0 Å². The van der Waals surface area contributed by atoms with Gasteiger partial charge < -0.3 is 10.5 Å². The van der Waals surface area contributed by atoms with Gasteiger partial charge in [-0.3, -0.25) is 0 Å². The number of nitrogen functional groups attached to an aromatic ring is 1. The second-order valence-corrected chi connectivity index (χ2v) is 7.38. The Balaban J connectivity index is 2.39. The van der Waals surface area contributed by atoms with Crippen molar-refractivity contribution in [3.05, 3.63) is 24.3 Å². The Hall–Kier alpha value is -1.27. The van der Waals surface area contributed by atoms with E-state index in [1.165, 1.54) is 0 Å². The Labute approximate surface area is 127 Å². The molecule has 21 heavy (non-hydrogen) atoms. The molecular weight excluding hydrogens is 288 g/mol. The Bertz CT molecular complexity index is 531. The summed E-state index contributed by atoms with van der Waals surface area (Å²) >= 11 is 0. The van der Waals surface area contributed by atoms with E-state index in [-0.39, 0.29) is 18.4 Å². The summed E-state index contributed by atoms with van der Waals surface area (Å²) in [5.41, 5.74) is 6.22. The van der Waals surface area contributed by atoms with E-state index >= 15 is 0 Å². The smallest absolute Gasteiger partial charge is 0.215 e. The molecule has 0 aromatic heterocycles. The molecule has 6 heteroatoms. The number of hydrogen-bond acceptors (Lipinski definition) is 4. The van der Waals surface area contributed by atoms with Crippen molar-refractivity contribution in [1.29, 1.82) is 0 Å². The molecule has 1 rings (SSSR count). The third kappa shape index (κ3) is 7.34. The fourth-order valence-corrected chi connectivity index (χ4v) is 3.19. The van der Waals surface area contributed by atoms with Gasteiger partial charge in [0.1, 0.15) is 12.4 Å². The second kappa shape index (κ2) is 8.24. The van der Waals surface area contributed by atoms with Gasteiger partial charge in [0.2, 0.25) is 10.0 Å². The van der Waals surface area contributed by atoms with Crippen molar-refractivity contribution >= 4 is 15.7 Å². The molecule has 0 saturated heterocycles. The number of nitrogens with one attached hydrogen (secondary N) is 1. The van der Waals surface area contributed by atoms with Gasteiger partial charge in [0, 0.05) is 17.8 Å². The molecule has 1 aromatic rings. The highest BCUT2D eigenvalue weighted by atomic mass is 32.2. The van der Waals surface area contributed by atoms with Crippen molar-refractivity contribution in [2.45, 2.75) is 39.7 Å². The largest absolute Gasteiger partial charge is 0.492 e. The van der Waals surface area contributed by atoms with E-state index in [2.05, 4.69) is 18.6 Å². The van der Waals surface area contributed by atoms with Gasteiger partial charge >= 0.3 is 0 Å². The monoisotopic (exact) mass is 314 g/mol. The molecule has 0 aliphatic carbocycles. The molecule has 1 aromatic carbocycles. The predicted octanol–water partition coefficient (Wildman–Crippen LogP) is 2.39. The van der Waals surface area contributed by atoms with Gasteiger partial charge in [-0.1, -0.05) is 26.3 Å². The van der Waals surface area contributed by atoms with Crippen LogP contribution in [0.2, 0.25) is 0 Å². The van der Waals surface area contributed by atoms with Crippen molar-refractivity contribution in [2.24, 2.45) is 5.92 Å². The predicted molar refractivity (Wildman–Crippen MR) is 86.8 cm³/mol. The summed E-state index contributed by atoms with van der Waals surface area (Å²) in [5.74, 6) is 1.02. The Morgan fingerprint density at radius 2 is 2.05 bits per heavy atom. The number of nitrogens with two attached hydrogens (primary N) is 1. The van der Waals surface area contributed by atoms with Crippen LogP contribution in [0.15, 0.2) is 24.3 Å². The highest BCUT2D eigenvalue weighted by Gasteiger charge is 2.16. The molecule has 0 aliphatic heterocycles. The van der Waals surface area contributed by atoms with Crippen LogP contribution in [0, 0.1) is 5.92 Å². The lowest BCUT2D eigenvalue weighted by atomic mass is 10.0. The van der Waals surface area contributed by atoms with Gasteiger partial charge in [-0.05, 0) is 31.4 Å². The molecule has 0 amide bonds. The molecule has 2 atom stereocenters. The number of sulfonamides is 1. The fourth-order valence-electron chi connectivity index (χ4n) is 2.06. The van der Waals surface area contributed by atoms with E-state index < -0.39 is 10.0 Å². The van der Waals surface area contributed by atoms with E-state index in [0.717, 1.165) is 12.8 Å². The van der Waals surface area contributed by atoms with E-state index in [4.69, 9.17) is 10.5 Å². The number of hydrogen-bond donors (Lipinski definition) is 2. The topological polar surface area (TPSA) is 81.4 Å². The molecule has 0 bridgehead atoms. The summed E-state index contributed by atoms with van der Waals surface area (Å²) in [4.78, 5) is 0. The van der Waals surface area contributed by atoms with Crippen molar-refractivity contribution in [1.82, 2.24) is 4.72 Å². The molecule has 2 unspecified atom stereocenters. The van der Waals surface area contributed by atoms with E-state index in [1.54, 1.807) is 24.3 Å². The average molecular weight is 314 g/mol. The highest BCUT2D eigenvalue weighted by Crippen LogP contribution is 2.14. The molecule has 0 saturated carbocycles. The minimum atomic E-state index is -3.32. The first kappa shape index (κ1) is 17.8. The Morgan fingerprint density at radius 1 is 1.33 bits per heavy atom. The van der Waals surface area contributed by atoms with E-state index in [1.807, 2.05) is 6.92 Å². The highest BCUT2D eigenvalue weighted by molar-refractivity contribution is 7.89. The van der Waals surface area contributed by atoms with Crippen LogP contribution in [0.25, 0.3) is 0 Å². The Morgan fingerprint density at radius 3 is 2.67 bits per heavy atom. The van der Waals surface area contributed by atoms with Crippen molar-refractivity contribution < 1.29 is 13.2 Å². The quantitative estimate of drug-likeness (QED) is 0.686. The molecule has 0 radical (unpaired) electrons. The van der Waals surface area contributed by atoms with Gasteiger partial charge in [-0.2, -0.15) is 0 Å². The zero-order valence-electron chi connectivity index (χ0n) is 13.0. The summed E-state index contributed by atoms with van der Waals surface area (Å²) in [6.45, 7) is 6.22. The van der Waals surface area contributed by atoms with Crippen molar-refractivity contribution in [3.8, 4) is 5.75 Å². The van der Waals surface area contributed by atoms with E-state index in [9.17, 15) is 8.42 Å².